The van der Waals surface area contributed by atoms with Gasteiger partial charge >= 0.3 is 0 Å². The van der Waals surface area contributed by atoms with E-state index >= 15 is 0 Å². The average molecular weight is 228 g/mol. The minimum absolute atomic E-state index is 0.536. The molecule has 3 aliphatic rings. The molecule has 1 heterocycles. The van der Waals surface area contributed by atoms with Crippen molar-refractivity contribution in [1.82, 2.24) is 0 Å². The van der Waals surface area contributed by atoms with Gasteiger partial charge in [0.2, 0.25) is 0 Å². The lowest BCUT2D eigenvalue weighted by molar-refractivity contribution is 0.0200. The summed E-state index contributed by atoms with van der Waals surface area (Å²) in [4.78, 5) is 1.61. The highest BCUT2D eigenvalue weighted by atomic mass is 32.9. The third-order valence-corrected chi connectivity index (χ3v) is 7.17. The Morgan fingerprint density at radius 3 is 2.85 bits per heavy atom. The highest BCUT2D eigenvalue weighted by Crippen LogP contribution is 2.63. The average Bonchev–Trinajstić information content (AvgIpc) is 2.48. The van der Waals surface area contributed by atoms with Gasteiger partial charge in [0.25, 0.3) is 0 Å². The Balaban J connectivity index is 2.21. The molecule has 2 atom stereocenters. The molecule has 3 heteroatoms. The predicted molar refractivity (Wildman–Crippen MR) is 61.4 cm³/mol. The lowest BCUT2D eigenvalue weighted by Crippen LogP contribution is -2.47. The van der Waals surface area contributed by atoms with E-state index in [1.807, 2.05) is 20.7 Å². The highest BCUT2D eigenvalue weighted by Gasteiger charge is 2.53. The maximum Gasteiger partial charge on any atom is 0.105 e. The number of hydrogen-bond donors (Lipinski definition) is 0. The van der Waals surface area contributed by atoms with E-state index in [1.54, 1.807) is 10.4 Å². The van der Waals surface area contributed by atoms with Crippen LogP contribution in [0.15, 0.2) is 0 Å². The number of hydrogen-bond acceptors (Lipinski definition) is 3. The molecule has 2 bridgehead atoms. The topological polar surface area (TPSA) is 0 Å². The van der Waals surface area contributed by atoms with E-state index in [-0.39, 0.29) is 0 Å². The van der Waals surface area contributed by atoms with Gasteiger partial charge in [-0.1, -0.05) is 46.7 Å². The molecular formula is C10H12S3. The third kappa shape index (κ3) is 0.932. The first-order chi connectivity index (χ1) is 6.10. The molecule has 1 aromatic rings. The molecule has 2 unspecified atom stereocenters. The maximum absolute atomic E-state index is 5.41. The molecule has 1 aromatic heterocycles. The van der Waals surface area contributed by atoms with Gasteiger partial charge in [0.05, 0.1) is 0 Å². The van der Waals surface area contributed by atoms with Crippen LogP contribution < -0.4 is 0 Å². The van der Waals surface area contributed by atoms with Gasteiger partial charge in [0, 0.05) is 4.88 Å². The Morgan fingerprint density at radius 2 is 2.15 bits per heavy atom. The summed E-state index contributed by atoms with van der Waals surface area (Å²) in [7, 11) is 3.73. The van der Waals surface area contributed by atoms with Crippen LogP contribution in [0, 0.1) is 15.2 Å². The molecule has 0 radical (unpaired) electrons. The molecule has 0 nitrogen and oxygen atoms in total. The van der Waals surface area contributed by atoms with E-state index in [0.717, 1.165) is 11.8 Å². The van der Waals surface area contributed by atoms with Gasteiger partial charge in [-0.25, -0.2) is 0 Å². The van der Waals surface area contributed by atoms with E-state index in [1.165, 1.54) is 16.7 Å². The maximum atomic E-state index is 5.41. The van der Waals surface area contributed by atoms with E-state index in [4.69, 9.17) is 12.2 Å². The van der Waals surface area contributed by atoms with Gasteiger partial charge in [-0.15, -0.1) is 0 Å². The van der Waals surface area contributed by atoms with Gasteiger partial charge in [-0.05, 0) is 35.7 Å². The second kappa shape index (κ2) is 2.44. The Kier molecular flexibility index (Phi) is 1.61. The van der Waals surface area contributed by atoms with Crippen molar-refractivity contribution in [3.8, 4) is 0 Å². The fraction of sp³-hybridized carbons (Fsp3) is 0.700. The smallest absolute Gasteiger partial charge is 0.0834 e. The van der Waals surface area contributed by atoms with Crippen molar-refractivity contribution in [2.45, 2.75) is 32.6 Å². The lowest BCUT2D eigenvalue weighted by Gasteiger charge is -2.56. The fourth-order valence-corrected chi connectivity index (χ4v) is 5.96. The molecule has 4 rings (SSSR count). The van der Waals surface area contributed by atoms with Gasteiger partial charge in [0.1, 0.15) is 3.82 Å². The molecule has 70 valence electrons. The second-order valence-electron chi connectivity index (χ2n) is 4.80. The van der Waals surface area contributed by atoms with Crippen molar-refractivity contribution in [2.75, 3.05) is 0 Å². The molecule has 0 spiro atoms. The van der Waals surface area contributed by atoms with Gasteiger partial charge in [0.15, 0.2) is 0 Å². The predicted octanol–water partition coefficient (Wildman–Crippen LogP) is 4.22. The molecular weight excluding hydrogens is 216 g/mol. The van der Waals surface area contributed by atoms with E-state index in [0.29, 0.717) is 5.41 Å². The fourth-order valence-electron chi connectivity index (χ4n) is 2.85. The van der Waals surface area contributed by atoms with Crippen LogP contribution in [0.2, 0.25) is 0 Å². The summed E-state index contributed by atoms with van der Waals surface area (Å²) < 4.78 is 1.18. The Morgan fingerprint density at radius 1 is 1.38 bits per heavy atom. The Bertz CT molecular complexity index is 410. The summed E-state index contributed by atoms with van der Waals surface area (Å²) in [6, 6.07) is 0. The van der Waals surface area contributed by atoms with E-state index < -0.39 is 0 Å². The van der Waals surface area contributed by atoms with Crippen molar-refractivity contribution < 1.29 is 0 Å². The van der Waals surface area contributed by atoms with Crippen LogP contribution in [0.4, 0.5) is 0 Å². The molecule has 0 aromatic carbocycles. The molecule has 0 aliphatic heterocycles. The summed E-state index contributed by atoms with van der Waals surface area (Å²) in [5.41, 5.74) is 2.09. The lowest BCUT2D eigenvalue weighted by atomic mass is 9.49. The van der Waals surface area contributed by atoms with Crippen LogP contribution in [0.1, 0.15) is 36.6 Å². The molecule has 13 heavy (non-hydrogen) atoms. The van der Waals surface area contributed by atoms with Crippen LogP contribution in [0.5, 0.6) is 0 Å². The first-order valence-electron chi connectivity index (χ1n) is 4.72. The standard InChI is InChI=1S/C10H12S3/c1-10(2)5-3-6(10)8-7(4-5)12-13-9(8)11/h5-6H,3-4H2,1-2H3. The van der Waals surface area contributed by atoms with Crippen molar-refractivity contribution in [3.05, 3.63) is 14.3 Å². The SMILES string of the molecule is CC1(C)C2Cc3ssc(=S)c3C1C2. The summed E-state index contributed by atoms with van der Waals surface area (Å²) >= 11 is 5.41. The van der Waals surface area contributed by atoms with E-state index in [9.17, 15) is 0 Å². The zero-order chi connectivity index (χ0) is 9.22. The van der Waals surface area contributed by atoms with Gasteiger partial charge in [-0.2, -0.15) is 0 Å². The zero-order valence-electron chi connectivity index (χ0n) is 7.79. The molecule has 1 fully saturated rings. The molecule has 1 saturated carbocycles. The van der Waals surface area contributed by atoms with Crippen LogP contribution >= 0.6 is 32.9 Å². The molecule has 0 saturated heterocycles. The largest absolute Gasteiger partial charge is 0.105 e. The molecule has 0 N–H and O–H groups in total. The monoisotopic (exact) mass is 228 g/mol. The molecule has 0 amide bonds. The summed E-state index contributed by atoms with van der Waals surface area (Å²) in [6.07, 6.45) is 2.70. The van der Waals surface area contributed by atoms with E-state index in [2.05, 4.69) is 13.8 Å². The quantitative estimate of drug-likeness (QED) is 0.473. The van der Waals surface area contributed by atoms with Crippen molar-refractivity contribution in [1.29, 1.82) is 0 Å². The number of rotatable bonds is 0. The van der Waals surface area contributed by atoms with Crippen molar-refractivity contribution >= 4 is 32.9 Å². The van der Waals surface area contributed by atoms with Crippen LogP contribution in [0.25, 0.3) is 0 Å². The highest BCUT2D eigenvalue weighted by molar-refractivity contribution is 7.79. The summed E-state index contributed by atoms with van der Waals surface area (Å²) in [5, 5.41) is 0. The van der Waals surface area contributed by atoms with Crippen LogP contribution in [-0.4, -0.2) is 0 Å². The van der Waals surface area contributed by atoms with Crippen molar-refractivity contribution in [2.24, 2.45) is 11.3 Å². The summed E-state index contributed by atoms with van der Waals surface area (Å²) in [5.74, 6) is 1.72. The Labute approximate surface area is 91.0 Å². The zero-order valence-corrected chi connectivity index (χ0v) is 10.2. The second-order valence-corrected chi connectivity index (χ2v) is 7.70. The minimum atomic E-state index is 0.536. The normalized spacial score (nSPS) is 33.7. The first kappa shape index (κ1) is 8.57. The minimum Gasteiger partial charge on any atom is -0.0834 e. The van der Waals surface area contributed by atoms with Crippen molar-refractivity contribution in [3.63, 3.8) is 0 Å². The van der Waals surface area contributed by atoms with Crippen LogP contribution in [-0.2, 0) is 6.42 Å². The van der Waals surface area contributed by atoms with Gasteiger partial charge < -0.3 is 0 Å². The first-order valence-corrected chi connectivity index (χ1v) is 7.28. The Hall–Kier alpha value is 0.270. The molecule has 3 aliphatic carbocycles. The van der Waals surface area contributed by atoms with Crippen LogP contribution in [0.3, 0.4) is 0 Å². The third-order valence-electron chi connectivity index (χ3n) is 3.99. The summed E-state index contributed by atoms with van der Waals surface area (Å²) in [6.45, 7) is 4.82. The van der Waals surface area contributed by atoms with Gasteiger partial charge in [-0.3, -0.25) is 0 Å².